The van der Waals surface area contributed by atoms with Crippen LogP contribution < -0.4 is 11.1 Å². The highest BCUT2D eigenvalue weighted by Gasteiger charge is 2.18. The maximum absolute atomic E-state index is 5.96. The van der Waals surface area contributed by atoms with Gasteiger partial charge < -0.3 is 11.1 Å². The molecule has 0 aromatic rings. The van der Waals surface area contributed by atoms with Crippen molar-refractivity contribution in [1.29, 1.82) is 0 Å². The van der Waals surface area contributed by atoms with E-state index >= 15 is 0 Å². The lowest BCUT2D eigenvalue weighted by molar-refractivity contribution is 0.407. The van der Waals surface area contributed by atoms with Gasteiger partial charge in [0.15, 0.2) is 0 Å². The molecule has 11 heavy (non-hydrogen) atoms. The molecule has 0 aliphatic carbocycles. The summed E-state index contributed by atoms with van der Waals surface area (Å²) in [5.74, 6) is 0.623. The van der Waals surface area contributed by atoms with Gasteiger partial charge in [0.05, 0.1) is 0 Å². The van der Waals surface area contributed by atoms with Crippen molar-refractivity contribution in [3.8, 4) is 0 Å². The Morgan fingerprint density at radius 1 is 1.55 bits per heavy atom. The third-order valence-electron chi connectivity index (χ3n) is 2.58. The Hall–Kier alpha value is -0.0800. The van der Waals surface area contributed by atoms with Crippen molar-refractivity contribution in [3.05, 3.63) is 0 Å². The summed E-state index contributed by atoms with van der Waals surface area (Å²) in [5, 5.41) is 3.46. The molecule has 3 N–H and O–H groups in total. The van der Waals surface area contributed by atoms with Gasteiger partial charge in [-0.25, -0.2) is 0 Å². The van der Waals surface area contributed by atoms with Gasteiger partial charge in [0.2, 0.25) is 0 Å². The van der Waals surface area contributed by atoms with Crippen LogP contribution >= 0.6 is 0 Å². The lowest BCUT2D eigenvalue weighted by Gasteiger charge is -2.19. The molecule has 0 bridgehead atoms. The Balaban J connectivity index is 2.18. The number of hydrogen-bond acceptors (Lipinski definition) is 2. The van der Waals surface area contributed by atoms with E-state index in [2.05, 4.69) is 19.2 Å². The van der Waals surface area contributed by atoms with E-state index in [1.54, 1.807) is 0 Å². The van der Waals surface area contributed by atoms with Crippen molar-refractivity contribution in [2.75, 3.05) is 6.54 Å². The third kappa shape index (κ3) is 2.80. The van der Waals surface area contributed by atoms with Crippen molar-refractivity contribution in [1.82, 2.24) is 5.32 Å². The second-order valence-electron chi connectivity index (χ2n) is 3.94. The van der Waals surface area contributed by atoms with E-state index in [4.69, 9.17) is 5.73 Å². The zero-order valence-electron chi connectivity index (χ0n) is 7.64. The molecule has 2 atom stereocenters. The van der Waals surface area contributed by atoms with Gasteiger partial charge in [-0.3, -0.25) is 0 Å². The van der Waals surface area contributed by atoms with Crippen LogP contribution in [-0.4, -0.2) is 18.6 Å². The van der Waals surface area contributed by atoms with Gasteiger partial charge in [0, 0.05) is 12.1 Å². The first-order chi connectivity index (χ1) is 5.20. The molecule has 0 unspecified atom stereocenters. The second-order valence-corrected chi connectivity index (χ2v) is 3.94. The topological polar surface area (TPSA) is 38.0 Å². The van der Waals surface area contributed by atoms with E-state index in [9.17, 15) is 0 Å². The maximum Gasteiger partial charge on any atom is 0.00823 e. The summed E-state index contributed by atoms with van der Waals surface area (Å²) in [5.41, 5.74) is 5.96. The van der Waals surface area contributed by atoms with Crippen molar-refractivity contribution >= 4 is 0 Å². The molecule has 1 fully saturated rings. The van der Waals surface area contributed by atoms with Crippen molar-refractivity contribution in [3.63, 3.8) is 0 Å². The van der Waals surface area contributed by atoms with Crippen LogP contribution in [0.25, 0.3) is 0 Å². The summed E-state index contributed by atoms with van der Waals surface area (Å²) in [6, 6.07) is 1.08. The molecule has 0 saturated carbocycles. The van der Waals surface area contributed by atoms with Crippen LogP contribution in [0, 0.1) is 5.92 Å². The van der Waals surface area contributed by atoms with Gasteiger partial charge in [0.1, 0.15) is 0 Å². The van der Waals surface area contributed by atoms with E-state index in [0.717, 1.165) is 6.42 Å². The van der Waals surface area contributed by atoms with Gasteiger partial charge in [-0.2, -0.15) is 0 Å². The van der Waals surface area contributed by atoms with E-state index < -0.39 is 0 Å². The number of nitrogens with two attached hydrogens (primary N) is 1. The normalized spacial score (nSPS) is 27.8. The predicted octanol–water partition coefficient (Wildman–Crippen LogP) is 1.11. The van der Waals surface area contributed by atoms with Crippen LogP contribution in [0.4, 0.5) is 0 Å². The molecule has 1 heterocycles. The van der Waals surface area contributed by atoms with E-state index in [-0.39, 0.29) is 0 Å². The van der Waals surface area contributed by atoms with Crippen molar-refractivity contribution in [2.45, 2.75) is 45.2 Å². The van der Waals surface area contributed by atoms with Crippen LogP contribution in [0.1, 0.15) is 33.1 Å². The fourth-order valence-corrected chi connectivity index (χ4v) is 1.56. The van der Waals surface area contributed by atoms with Crippen molar-refractivity contribution in [2.24, 2.45) is 11.7 Å². The van der Waals surface area contributed by atoms with Crippen LogP contribution in [0.3, 0.4) is 0 Å². The zero-order chi connectivity index (χ0) is 8.27. The van der Waals surface area contributed by atoms with Gasteiger partial charge in [0.25, 0.3) is 0 Å². The highest BCUT2D eigenvalue weighted by atomic mass is 14.9. The first-order valence-electron chi connectivity index (χ1n) is 4.69. The summed E-state index contributed by atoms with van der Waals surface area (Å²) < 4.78 is 0. The molecule has 0 amide bonds. The molecule has 1 aliphatic heterocycles. The van der Waals surface area contributed by atoms with E-state index in [1.165, 1.54) is 19.4 Å². The third-order valence-corrected chi connectivity index (χ3v) is 2.58. The number of rotatable bonds is 3. The van der Waals surface area contributed by atoms with Gasteiger partial charge >= 0.3 is 0 Å². The molecule has 0 radical (unpaired) electrons. The summed E-state index contributed by atoms with van der Waals surface area (Å²) >= 11 is 0. The Bertz CT molecular complexity index is 106. The van der Waals surface area contributed by atoms with Crippen LogP contribution in [0.5, 0.6) is 0 Å². The Kier molecular flexibility index (Phi) is 3.34. The fraction of sp³-hybridized carbons (Fsp3) is 1.00. The molecular formula is C9H20N2. The smallest absolute Gasteiger partial charge is 0.00823 e. The largest absolute Gasteiger partial charge is 0.327 e. The Morgan fingerprint density at radius 2 is 2.27 bits per heavy atom. The van der Waals surface area contributed by atoms with E-state index in [0.29, 0.717) is 18.0 Å². The monoisotopic (exact) mass is 156 g/mol. The molecule has 1 saturated heterocycles. The quantitative estimate of drug-likeness (QED) is 0.642. The van der Waals surface area contributed by atoms with Gasteiger partial charge in [-0.05, 0) is 31.7 Å². The lowest BCUT2D eigenvalue weighted by atomic mass is 9.97. The lowest BCUT2D eigenvalue weighted by Crippen LogP contribution is -2.34. The molecule has 0 aromatic heterocycles. The Labute approximate surface area is 69.5 Å². The summed E-state index contributed by atoms with van der Waals surface area (Å²) in [6.07, 6.45) is 3.80. The first-order valence-corrected chi connectivity index (χ1v) is 4.69. The zero-order valence-corrected chi connectivity index (χ0v) is 7.64. The van der Waals surface area contributed by atoms with E-state index in [1.807, 2.05) is 0 Å². The SMILES string of the molecule is CC(C)[C@H](N)C[C@H]1CCCN1. The summed E-state index contributed by atoms with van der Waals surface area (Å²) in [4.78, 5) is 0. The molecule has 1 rings (SSSR count). The molecule has 2 nitrogen and oxygen atoms in total. The van der Waals surface area contributed by atoms with Crippen LogP contribution in [0.15, 0.2) is 0 Å². The summed E-state index contributed by atoms with van der Waals surface area (Å²) in [6.45, 7) is 5.58. The maximum atomic E-state index is 5.96. The minimum absolute atomic E-state index is 0.380. The highest BCUT2D eigenvalue weighted by Crippen LogP contribution is 2.13. The highest BCUT2D eigenvalue weighted by molar-refractivity contribution is 4.79. The molecule has 0 aromatic carbocycles. The second kappa shape index (κ2) is 4.07. The van der Waals surface area contributed by atoms with Gasteiger partial charge in [-0.15, -0.1) is 0 Å². The molecular weight excluding hydrogens is 136 g/mol. The molecule has 66 valence electrons. The molecule has 1 aliphatic rings. The first kappa shape index (κ1) is 9.01. The van der Waals surface area contributed by atoms with Gasteiger partial charge in [-0.1, -0.05) is 13.8 Å². The van der Waals surface area contributed by atoms with Crippen LogP contribution in [-0.2, 0) is 0 Å². The number of hydrogen-bond donors (Lipinski definition) is 2. The molecule has 2 heteroatoms. The Morgan fingerprint density at radius 3 is 2.73 bits per heavy atom. The van der Waals surface area contributed by atoms with Crippen LogP contribution in [0.2, 0.25) is 0 Å². The summed E-state index contributed by atoms with van der Waals surface area (Å²) in [7, 11) is 0. The minimum Gasteiger partial charge on any atom is -0.327 e. The predicted molar refractivity (Wildman–Crippen MR) is 48.5 cm³/mol. The number of nitrogens with one attached hydrogen (secondary N) is 1. The average molecular weight is 156 g/mol. The average Bonchev–Trinajstić information content (AvgIpc) is 2.39. The van der Waals surface area contributed by atoms with Crippen molar-refractivity contribution < 1.29 is 0 Å². The molecule has 0 spiro atoms. The fourth-order valence-electron chi connectivity index (χ4n) is 1.56. The standard InChI is InChI=1S/C9H20N2/c1-7(2)9(10)6-8-4-3-5-11-8/h7-9,11H,3-6,10H2,1-2H3/t8-,9-/m1/s1. The minimum atomic E-state index is 0.380.